The lowest BCUT2D eigenvalue weighted by Gasteiger charge is -2.26. The summed E-state index contributed by atoms with van der Waals surface area (Å²) in [6, 6.07) is 3.34. The van der Waals surface area contributed by atoms with Gasteiger partial charge in [0, 0.05) is 25.0 Å². The first-order valence-corrected chi connectivity index (χ1v) is 7.76. The SMILES string of the molecule is CCOC(C)(C)Cn1c(CCCl)nc2cc(F)c(C)cc21. The minimum atomic E-state index is -0.314. The second-order valence-electron chi connectivity index (χ2n) is 5.84. The fraction of sp³-hybridized carbons (Fsp3) is 0.562. The van der Waals surface area contributed by atoms with E-state index in [4.69, 9.17) is 16.3 Å². The quantitative estimate of drug-likeness (QED) is 0.751. The number of aromatic nitrogens is 2. The van der Waals surface area contributed by atoms with E-state index < -0.39 is 0 Å². The van der Waals surface area contributed by atoms with Crippen LogP contribution in [-0.4, -0.2) is 27.6 Å². The Morgan fingerprint density at radius 2 is 2.10 bits per heavy atom. The van der Waals surface area contributed by atoms with Crippen molar-refractivity contribution in [2.24, 2.45) is 0 Å². The summed E-state index contributed by atoms with van der Waals surface area (Å²) in [7, 11) is 0. The van der Waals surface area contributed by atoms with Gasteiger partial charge in [0.05, 0.1) is 23.2 Å². The minimum absolute atomic E-state index is 0.228. The van der Waals surface area contributed by atoms with E-state index in [9.17, 15) is 4.39 Å². The van der Waals surface area contributed by atoms with Gasteiger partial charge in [-0.05, 0) is 39.3 Å². The van der Waals surface area contributed by atoms with Crippen LogP contribution in [0.2, 0.25) is 0 Å². The third-order valence-corrected chi connectivity index (χ3v) is 3.69. The Balaban J connectivity index is 2.52. The highest BCUT2D eigenvalue weighted by molar-refractivity contribution is 6.17. The molecule has 2 rings (SSSR count). The molecule has 0 unspecified atom stereocenters. The standard InChI is InChI=1S/C16H22ClFN2O/c1-5-21-16(3,4)10-20-14-8-11(2)12(18)9-13(14)19-15(20)6-7-17/h8-9H,5-7,10H2,1-4H3. The lowest BCUT2D eigenvalue weighted by atomic mass is 10.1. The van der Waals surface area contributed by atoms with E-state index in [0.29, 0.717) is 36.5 Å². The Bertz CT molecular complexity index is 637. The zero-order chi connectivity index (χ0) is 15.6. The van der Waals surface area contributed by atoms with Crippen LogP contribution in [0.1, 0.15) is 32.2 Å². The van der Waals surface area contributed by atoms with E-state index in [1.54, 1.807) is 6.92 Å². The number of alkyl halides is 1. The maximum Gasteiger partial charge on any atom is 0.128 e. The smallest absolute Gasteiger partial charge is 0.128 e. The van der Waals surface area contributed by atoms with Gasteiger partial charge in [-0.15, -0.1) is 11.6 Å². The summed E-state index contributed by atoms with van der Waals surface area (Å²) in [5.41, 5.74) is 1.91. The van der Waals surface area contributed by atoms with Crippen molar-refractivity contribution in [2.45, 2.75) is 46.3 Å². The van der Waals surface area contributed by atoms with Crippen LogP contribution in [0.5, 0.6) is 0 Å². The second kappa shape index (κ2) is 6.32. The van der Waals surface area contributed by atoms with E-state index in [0.717, 1.165) is 11.3 Å². The number of imidazole rings is 1. The van der Waals surface area contributed by atoms with E-state index in [1.807, 2.05) is 26.8 Å². The molecule has 0 saturated heterocycles. The Hall–Kier alpha value is -1.13. The number of hydrogen-bond donors (Lipinski definition) is 0. The van der Waals surface area contributed by atoms with Gasteiger partial charge in [-0.2, -0.15) is 0 Å². The molecule has 0 spiro atoms. The molecule has 0 bridgehead atoms. The molecular weight excluding hydrogens is 291 g/mol. The average Bonchev–Trinajstić information content (AvgIpc) is 2.68. The largest absolute Gasteiger partial charge is 0.374 e. The van der Waals surface area contributed by atoms with Crippen LogP contribution in [0.15, 0.2) is 12.1 Å². The monoisotopic (exact) mass is 312 g/mol. The second-order valence-corrected chi connectivity index (χ2v) is 6.21. The number of hydrogen-bond acceptors (Lipinski definition) is 2. The average molecular weight is 313 g/mol. The first-order valence-electron chi connectivity index (χ1n) is 7.23. The molecule has 0 saturated carbocycles. The highest BCUT2D eigenvalue weighted by Gasteiger charge is 2.22. The van der Waals surface area contributed by atoms with Crippen molar-refractivity contribution in [3.8, 4) is 0 Å². The summed E-state index contributed by atoms with van der Waals surface area (Å²) in [6.07, 6.45) is 0.652. The van der Waals surface area contributed by atoms with Crippen LogP contribution < -0.4 is 0 Å². The van der Waals surface area contributed by atoms with Crippen LogP contribution in [0.25, 0.3) is 11.0 Å². The van der Waals surface area contributed by atoms with Crippen LogP contribution >= 0.6 is 11.6 Å². The van der Waals surface area contributed by atoms with Crippen molar-refractivity contribution in [2.75, 3.05) is 12.5 Å². The van der Waals surface area contributed by atoms with E-state index in [2.05, 4.69) is 9.55 Å². The van der Waals surface area contributed by atoms with Gasteiger partial charge < -0.3 is 9.30 Å². The summed E-state index contributed by atoms with van der Waals surface area (Å²) < 4.78 is 21.6. The molecule has 0 aliphatic rings. The van der Waals surface area contributed by atoms with Gasteiger partial charge in [0.15, 0.2) is 0 Å². The van der Waals surface area contributed by atoms with E-state index in [1.165, 1.54) is 6.07 Å². The molecule has 21 heavy (non-hydrogen) atoms. The number of halogens is 2. The molecule has 0 amide bonds. The zero-order valence-corrected chi connectivity index (χ0v) is 13.8. The number of benzene rings is 1. The molecule has 1 heterocycles. The van der Waals surface area contributed by atoms with Crippen LogP contribution in [0, 0.1) is 12.7 Å². The fourth-order valence-electron chi connectivity index (χ4n) is 2.57. The molecule has 1 aromatic carbocycles. The minimum Gasteiger partial charge on any atom is -0.374 e. The molecule has 5 heteroatoms. The van der Waals surface area contributed by atoms with Crippen LogP contribution in [0.4, 0.5) is 4.39 Å². The molecule has 0 aliphatic heterocycles. The number of nitrogens with zero attached hydrogens (tertiary/aromatic N) is 2. The molecule has 1 aromatic heterocycles. The maximum atomic E-state index is 13.7. The summed E-state index contributed by atoms with van der Waals surface area (Å²) >= 11 is 5.87. The van der Waals surface area contributed by atoms with Gasteiger partial charge in [-0.1, -0.05) is 0 Å². The summed E-state index contributed by atoms with van der Waals surface area (Å²) in [6.45, 7) is 9.15. The van der Waals surface area contributed by atoms with E-state index >= 15 is 0 Å². The first kappa shape index (κ1) is 16.2. The molecule has 116 valence electrons. The molecular formula is C16H22ClFN2O. The fourth-order valence-corrected chi connectivity index (χ4v) is 2.74. The van der Waals surface area contributed by atoms with Crippen molar-refractivity contribution in [3.05, 3.63) is 29.3 Å². The Labute approximate surface area is 130 Å². The van der Waals surface area contributed by atoms with Gasteiger partial charge in [-0.25, -0.2) is 9.37 Å². The van der Waals surface area contributed by atoms with Gasteiger partial charge >= 0.3 is 0 Å². The molecule has 0 fully saturated rings. The number of fused-ring (bicyclic) bond motifs is 1. The molecule has 3 nitrogen and oxygen atoms in total. The number of rotatable bonds is 6. The van der Waals surface area contributed by atoms with Crippen molar-refractivity contribution in [1.82, 2.24) is 9.55 Å². The molecule has 0 radical (unpaired) electrons. The lowest BCUT2D eigenvalue weighted by molar-refractivity contribution is -0.0221. The van der Waals surface area contributed by atoms with Crippen molar-refractivity contribution in [3.63, 3.8) is 0 Å². The van der Waals surface area contributed by atoms with Crippen molar-refractivity contribution >= 4 is 22.6 Å². The van der Waals surface area contributed by atoms with Crippen molar-refractivity contribution < 1.29 is 9.13 Å². The van der Waals surface area contributed by atoms with E-state index in [-0.39, 0.29) is 11.4 Å². The van der Waals surface area contributed by atoms with Gasteiger partial charge in [-0.3, -0.25) is 0 Å². The predicted molar refractivity (Wildman–Crippen MR) is 84.6 cm³/mol. The molecule has 0 atom stereocenters. The lowest BCUT2D eigenvalue weighted by Crippen LogP contribution is -2.31. The summed E-state index contributed by atoms with van der Waals surface area (Å²) in [5, 5.41) is 0. The number of ether oxygens (including phenoxy) is 1. The van der Waals surface area contributed by atoms with Crippen LogP contribution in [-0.2, 0) is 17.7 Å². The Kier molecular flexibility index (Phi) is 4.89. The molecule has 2 aromatic rings. The van der Waals surface area contributed by atoms with Crippen molar-refractivity contribution in [1.29, 1.82) is 0 Å². The predicted octanol–water partition coefficient (Wildman–Crippen LogP) is 4.08. The summed E-state index contributed by atoms with van der Waals surface area (Å²) in [5.74, 6) is 1.13. The third-order valence-electron chi connectivity index (χ3n) is 3.50. The highest BCUT2D eigenvalue weighted by atomic mass is 35.5. The normalized spacial score (nSPS) is 12.3. The van der Waals surface area contributed by atoms with Crippen LogP contribution in [0.3, 0.4) is 0 Å². The van der Waals surface area contributed by atoms with Gasteiger partial charge in [0.1, 0.15) is 11.6 Å². The number of aryl methyl sites for hydroxylation is 2. The zero-order valence-electron chi connectivity index (χ0n) is 13.0. The Morgan fingerprint density at radius 3 is 2.71 bits per heavy atom. The Morgan fingerprint density at radius 1 is 1.38 bits per heavy atom. The topological polar surface area (TPSA) is 27.1 Å². The van der Waals surface area contributed by atoms with Gasteiger partial charge in [0.25, 0.3) is 0 Å². The highest BCUT2D eigenvalue weighted by Crippen LogP contribution is 2.24. The molecule has 0 N–H and O–H groups in total. The summed E-state index contributed by atoms with van der Waals surface area (Å²) in [4.78, 5) is 4.53. The maximum absolute atomic E-state index is 13.7. The first-order chi connectivity index (χ1) is 9.88. The third kappa shape index (κ3) is 3.55. The van der Waals surface area contributed by atoms with Gasteiger partial charge in [0.2, 0.25) is 0 Å². The molecule has 0 aliphatic carbocycles.